The van der Waals surface area contributed by atoms with Crippen LogP contribution < -0.4 is 10.2 Å². The van der Waals surface area contributed by atoms with Gasteiger partial charge in [0.1, 0.15) is 5.75 Å². The molecule has 5 heteroatoms. The number of hydrazone groups is 1. The molecule has 5 aromatic rings. The molecule has 0 unspecified atom stereocenters. The molecule has 0 heterocycles. The summed E-state index contributed by atoms with van der Waals surface area (Å²) in [6, 6.07) is 31.8. The van der Waals surface area contributed by atoms with E-state index in [-0.39, 0.29) is 5.91 Å². The molecule has 0 aromatic heterocycles. The van der Waals surface area contributed by atoms with E-state index in [0.29, 0.717) is 22.4 Å². The summed E-state index contributed by atoms with van der Waals surface area (Å²) in [6.45, 7) is 1.96. The number of nitrogens with one attached hydrogen (secondary N) is 1. The van der Waals surface area contributed by atoms with Crippen molar-refractivity contribution in [1.29, 1.82) is 0 Å². The van der Waals surface area contributed by atoms with Crippen LogP contribution in [-0.4, -0.2) is 18.1 Å². The van der Waals surface area contributed by atoms with Gasteiger partial charge in [-0.3, -0.25) is 4.79 Å². The Morgan fingerprint density at radius 1 is 0.743 bits per heavy atom. The van der Waals surface area contributed by atoms with Gasteiger partial charge in [-0.1, -0.05) is 84.4 Å². The average Bonchev–Trinajstić information content (AvgIpc) is 2.89. The van der Waals surface area contributed by atoms with E-state index >= 15 is 0 Å². The molecule has 35 heavy (non-hydrogen) atoms. The van der Waals surface area contributed by atoms with Gasteiger partial charge in [0.05, 0.1) is 11.8 Å². The molecule has 0 saturated heterocycles. The van der Waals surface area contributed by atoms with E-state index in [9.17, 15) is 9.59 Å². The van der Waals surface area contributed by atoms with Crippen LogP contribution in [-0.2, 0) is 0 Å². The summed E-state index contributed by atoms with van der Waals surface area (Å²) in [5, 5.41) is 7.76. The lowest BCUT2D eigenvalue weighted by molar-refractivity contribution is 0.0736. The van der Waals surface area contributed by atoms with Crippen LogP contribution in [0.4, 0.5) is 0 Å². The van der Waals surface area contributed by atoms with Gasteiger partial charge in [0.25, 0.3) is 5.91 Å². The Hall–Kier alpha value is -4.77. The first-order valence-electron chi connectivity index (χ1n) is 11.2. The number of benzene rings is 5. The van der Waals surface area contributed by atoms with Crippen LogP contribution in [0.2, 0.25) is 0 Å². The lowest BCUT2D eigenvalue weighted by atomic mass is 10.0. The zero-order valence-corrected chi connectivity index (χ0v) is 19.1. The minimum Gasteiger partial charge on any atom is -0.422 e. The third-order valence-electron chi connectivity index (χ3n) is 5.82. The molecule has 0 aliphatic carbocycles. The Kier molecular flexibility index (Phi) is 6.05. The molecule has 5 rings (SSSR count). The molecular weight excluding hydrogens is 436 g/mol. The quantitative estimate of drug-likeness (QED) is 0.146. The molecule has 0 bridgehead atoms. The van der Waals surface area contributed by atoms with E-state index in [0.717, 1.165) is 27.1 Å². The second-order valence-corrected chi connectivity index (χ2v) is 8.18. The summed E-state index contributed by atoms with van der Waals surface area (Å²) in [7, 11) is 0. The van der Waals surface area contributed by atoms with Crippen LogP contribution in [0, 0.1) is 6.92 Å². The van der Waals surface area contributed by atoms with Gasteiger partial charge in [-0.05, 0) is 52.7 Å². The summed E-state index contributed by atoms with van der Waals surface area (Å²) >= 11 is 0. The summed E-state index contributed by atoms with van der Waals surface area (Å²) < 4.78 is 5.86. The number of carbonyl (C=O) groups excluding carboxylic acids is 2. The normalized spacial score (nSPS) is 11.1. The fourth-order valence-electron chi connectivity index (χ4n) is 3.98. The van der Waals surface area contributed by atoms with Crippen molar-refractivity contribution in [3.8, 4) is 5.75 Å². The molecule has 170 valence electrons. The lowest BCUT2D eigenvalue weighted by Crippen LogP contribution is -2.17. The van der Waals surface area contributed by atoms with Crippen molar-refractivity contribution in [3.63, 3.8) is 0 Å². The van der Waals surface area contributed by atoms with Crippen LogP contribution in [0.3, 0.4) is 0 Å². The first-order chi connectivity index (χ1) is 17.1. The Bertz CT molecular complexity index is 1580. The smallest absolute Gasteiger partial charge is 0.344 e. The van der Waals surface area contributed by atoms with Crippen molar-refractivity contribution in [3.05, 3.63) is 125 Å². The summed E-state index contributed by atoms with van der Waals surface area (Å²) in [6.07, 6.45) is 1.51. The predicted octanol–water partition coefficient (Wildman–Crippen LogP) is 6.28. The van der Waals surface area contributed by atoms with Gasteiger partial charge in [0.2, 0.25) is 0 Å². The van der Waals surface area contributed by atoms with E-state index in [1.807, 2.05) is 85.8 Å². The Morgan fingerprint density at radius 3 is 2.17 bits per heavy atom. The molecule has 1 amide bonds. The van der Waals surface area contributed by atoms with Gasteiger partial charge in [0, 0.05) is 11.1 Å². The van der Waals surface area contributed by atoms with Crippen LogP contribution in [0.15, 0.2) is 108 Å². The van der Waals surface area contributed by atoms with Crippen LogP contribution in [0.1, 0.15) is 31.8 Å². The second-order valence-electron chi connectivity index (χ2n) is 8.18. The highest BCUT2D eigenvalue weighted by Gasteiger charge is 2.16. The van der Waals surface area contributed by atoms with E-state index in [4.69, 9.17) is 4.74 Å². The van der Waals surface area contributed by atoms with Crippen LogP contribution in [0.25, 0.3) is 21.5 Å². The number of ether oxygens (including phenoxy) is 1. The number of fused-ring (bicyclic) bond motifs is 2. The molecule has 0 atom stereocenters. The summed E-state index contributed by atoms with van der Waals surface area (Å²) in [4.78, 5) is 25.6. The molecule has 1 N–H and O–H groups in total. The second kappa shape index (κ2) is 9.61. The summed E-state index contributed by atoms with van der Waals surface area (Å²) in [5.74, 6) is -0.429. The highest BCUT2D eigenvalue weighted by atomic mass is 16.5. The minimum absolute atomic E-state index is 0.323. The van der Waals surface area contributed by atoms with E-state index < -0.39 is 5.97 Å². The molecular formula is C30H22N2O3. The van der Waals surface area contributed by atoms with Gasteiger partial charge in [-0.15, -0.1) is 0 Å². The maximum atomic E-state index is 13.2. The number of rotatable bonds is 5. The SMILES string of the molecule is Cc1ccc(C(=O)NN=Cc2c(OC(=O)c3cccc4ccccc34)ccc3ccccc23)cc1. The van der Waals surface area contributed by atoms with Gasteiger partial charge in [-0.2, -0.15) is 5.10 Å². The van der Waals surface area contributed by atoms with Crippen LogP contribution >= 0.6 is 0 Å². The third-order valence-corrected chi connectivity index (χ3v) is 5.82. The lowest BCUT2D eigenvalue weighted by Gasteiger charge is -2.12. The molecule has 0 saturated carbocycles. The highest BCUT2D eigenvalue weighted by Crippen LogP contribution is 2.28. The number of aryl methyl sites for hydroxylation is 1. The van der Waals surface area contributed by atoms with Crippen molar-refractivity contribution in [2.75, 3.05) is 0 Å². The number of amides is 1. The minimum atomic E-state index is -0.463. The van der Waals surface area contributed by atoms with E-state index in [1.54, 1.807) is 24.3 Å². The van der Waals surface area contributed by atoms with E-state index in [2.05, 4.69) is 10.5 Å². The van der Waals surface area contributed by atoms with Gasteiger partial charge in [0.15, 0.2) is 0 Å². The predicted molar refractivity (Wildman–Crippen MR) is 139 cm³/mol. The van der Waals surface area contributed by atoms with Crippen molar-refractivity contribution >= 4 is 39.6 Å². The molecule has 0 aliphatic rings. The molecule has 0 aliphatic heterocycles. The number of hydrogen-bond acceptors (Lipinski definition) is 4. The highest BCUT2D eigenvalue weighted by molar-refractivity contribution is 6.07. The number of nitrogens with zero attached hydrogens (tertiary/aromatic N) is 1. The molecule has 5 aromatic carbocycles. The first kappa shape index (κ1) is 22.0. The largest absolute Gasteiger partial charge is 0.422 e. The van der Waals surface area contributed by atoms with Crippen molar-refractivity contribution < 1.29 is 14.3 Å². The first-order valence-corrected chi connectivity index (χ1v) is 11.2. The number of carbonyl (C=O) groups is 2. The maximum Gasteiger partial charge on any atom is 0.344 e. The van der Waals surface area contributed by atoms with Crippen molar-refractivity contribution in [1.82, 2.24) is 5.43 Å². The average molecular weight is 459 g/mol. The third kappa shape index (κ3) is 4.66. The fraction of sp³-hybridized carbons (Fsp3) is 0.0333. The van der Waals surface area contributed by atoms with Gasteiger partial charge < -0.3 is 4.74 Å². The topological polar surface area (TPSA) is 67.8 Å². The maximum absolute atomic E-state index is 13.2. The Balaban J connectivity index is 1.47. The van der Waals surface area contributed by atoms with Gasteiger partial charge >= 0.3 is 5.97 Å². The van der Waals surface area contributed by atoms with Crippen molar-refractivity contribution in [2.24, 2.45) is 5.10 Å². The zero-order valence-electron chi connectivity index (χ0n) is 19.1. The Labute approximate surface area is 202 Å². The Morgan fingerprint density at radius 2 is 1.40 bits per heavy atom. The van der Waals surface area contributed by atoms with Crippen LogP contribution in [0.5, 0.6) is 5.75 Å². The molecule has 0 spiro atoms. The summed E-state index contributed by atoms with van der Waals surface area (Å²) in [5.41, 5.74) is 5.21. The standard InChI is InChI=1S/C30H22N2O3/c1-20-13-15-23(16-14-20)29(33)32-31-19-27-25-11-5-3-8-22(25)17-18-28(27)35-30(34)26-12-6-9-21-7-2-4-10-24(21)26/h2-19H,1H3,(H,32,33). The molecule has 5 nitrogen and oxygen atoms in total. The zero-order chi connectivity index (χ0) is 24.2. The van der Waals surface area contributed by atoms with Crippen molar-refractivity contribution in [2.45, 2.75) is 6.92 Å². The molecule has 0 radical (unpaired) electrons. The number of hydrogen-bond donors (Lipinski definition) is 1. The number of esters is 1. The fourth-order valence-corrected chi connectivity index (χ4v) is 3.98. The molecule has 0 fully saturated rings. The van der Waals surface area contributed by atoms with E-state index in [1.165, 1.54) is 6.21 Å². The van der Waals surface area contributed by atoms with Gasteiger partial charge in [-0.25, -0.2) is 10.2 Å². The monoisotopic (exact) mass is 458 g/mol.